The molecule has 136 valence electrons. The molecule has 0 saturated carbocycles. The standard InChI is InChI=1S/C22H23BrFNO/c23-20-7-3-17(4-8-20)16-18-11-14-25(15-12-18)13-1-2-22(26)19-5-9-21(24)10-6-19/h3-10,16H,1-2,11-15H2. The van der Waals surface area contributed by atoms with Crippen molar-refractivity contribution in [2.75, 3.05) is 19.6 Å². The van der Waals surface area contributed by atoms with Crippen molar-refractivity contribution in [3.05, 3.63) is 75.5 Å². The van der Waals surface area contributed by atoms with Gasteiger partial charge in [0.1, 0.15) is 5.82 Å². The summed E-state index contributed by atoms with van der Waals surface area (Å²) < 4.78 is 14.0. The van der Waals surface area contributed by atoms with E-state index in [1.54, 1.807) is 12.1 Å². The van der Waals surface area contributed by atoms with Crippen LogP contribution in [-0.2, 0) is 0 Å². The van der Waals surface area contributed by atoms with Gasteiger partial charge in [0, 0.05) is 29.5 Å². The van der Waals surface area contributed by atoms with Crippen molar-refractivity contribution in [1.29, 1.82) is 0 Å². The fourth-order valence-electron chi connectivity index (χ4n) is 3.25. The molecule has 0 aliphatic carbocycles. The molecule has 0 N–H and O–H groups in total. The Morgan fingerprint density at radius 1 is 1.04 bits per heavy atom. The number of rotatable bonds is 6. The van der Waals surface area contributed by atoms with Crippen molar-refractivity contribution < 1.29 is 9.18 Å². The third-order valence-electron chi connectivity index (χ3n) is 4.78. The second-order valence-electron chi connectivity index (χ2n) is 6.73. The van der Waals surface area contributed by atoms with Crippen molar-refractivity contribution >= 4 is 27.8 Å². The summed E-state index contributed by atoms with van der Waals surface area (Å²) in [5.74, 6) is -0.209. The van der Waals surface area contributed by atoms with Gasteiger partial charge in [-0.15, -0.1) is 0 Å². The Morgan fingerprint density at radius 3 is 2.35 bits per heavy atom. The molecule has 2 aromatic rings. The molecule has 0 aromatic heterocycles. The molecular formula is C22H23BrFNO. The molecular weight excluding hydrogens is 393 g/mol. The van der Waals surface area contributed by atoms with E-state index in [1.165, 1.54) is 23.3 Å². The second kappa shape index (κ2) is 9.24. The smallest absolute Gasteiger partial charge is 0.162 e. The molecule has 0 atom stereocenters. The van der Waals surface area contributed by atoms with Crippen LogP contribution in [0.1, 0.15) is 41.6 Å². The van der Waals surface area contributed by atoms with Gasteiger partial charge in [0.25, 0.3) is 0 Å². The average Bonchev–Trinajstić information content (AvgIpc) is 2.65. The highest BCUT2D eigenvalue weighted by Gasteiger charge is 2.14. The van der Waals surface area contributed by atoms with Crippen molar-refractivity contribution in [3.63, 3.8) is 0 Å². The van der Waals surface area contributed by atoms with Crippen LogP contribution in [0.4, 0.5) is 4.39 Å². The first kappa shape index (κ1) is 19.0. The van der Waals surface area contributed by atoms with Crippen LogP contribution in [0.3, 0.4) is 0 Å². The fourth-order valence-corrected chi connectivity index (χ4v) is 3.51. The van der Waals surface area contributed by atoms with Gasteiger partial charge in [0.15, 0.2) is 5.78 Å². The van der Waals surface area contributed by atoms with Crippen LogP contribution in [0.2, 0.25) is 0 Å². The molecule has 4 heteroatoms. The Balaban J connectivity index is 1.40. The first-order chi connectivity index (χ1) is 12.6. The summed E-state index contributed by atoms with van der Waals surface area (Å²) in [7, 11) is 0. The lowest BCUT2D eigenvalue weighted by molar-refractivity contribution is 0.0974. The molecule has 1 saturated heterocycles. The Bertz CT molecular complexity index is 758. The number of piperidine rings is 1. The third kappa shape index (κ3) is 5.61. The summed E-state index contributed by atoms with van der Waals surface area (Å²) in [6.07, 6.45) is 5.83. The van der Waals surface area contributed by atoms with Gasteiger partial charge in [-0.05, 0) is 67.8 Å². The van der Waals surface area contributed by atoms with Gasteiger partial charge >= 0.3 is 0 Å². The van der Waals surface area contributed by atoms with E-state index in [-0.39, 0.29) is 11.6 Å². The van der Waals surface area contributed by atoms with Gasteiger partial charge < -0.3 is 4.90 Å². The molecule has 1 aliphatic heterocycles. The molecule has 3 rings (SSSR count). The van der Waals surface area contributed by atoms with Gasteiger partial charge in [-0.25, -0.2) is 4.39 Å². The van der Waals surface area contributed by atoms with E-state index in [9.17, 15) is 9.18 Å². The second-order valence-corrected chi connectivity index (χ2v) is 7.65. The molecule has 1 aliphatic rings. The fraction of sp³-hybridized carbons (Fsp3) is 0.318. The zero-order valence-electron chi connectivity index (χ0n) is 14.8. The number of hydrogen-bond donors (Lipinski definition) is 0. The molecule has 1 heterocycles. The molecule has 26 heavy (non-hydrogen) atoms. The zero-order valence-corrected chi connectivity index (χ0v) is 16.3. The van der Waals surface area contributed by atoms with E-state index in [0.29, 0.717) is 12.0 Å². The molecule has 0 bridgehead atoms. The highest BCUT2D eigenvalue weighted by atomic mass is 79.9. The molecule has 0 spiro atoms. The first-order valence-corrected chi connectivity index (χ1v) is 9.85. The van der Waals surface area contributed by atoms with Gasteiger partial charge in [-0.2, -0.15) is 0 Å². The van der Waals surface area contributed by atoms with E-state index < -0.39 is 0 Å². The minimum atomic E-state index is -0.304. The van der Waals surface area contributed by atoms with Crippen molar-refractivity contribution in [2.24, 2.45) is 0 Å². The number of carbonyl (C=O) groups excluding carboxylic acids is 1. The molecule has 2 aromatic carbocycles. The van der Waals surface area contributed by atoms with Gasteiger partial charge in [-0.3, -0.25) is 4.79 Å². The zero-order chi connectivity index (χ0) is 18.4. The number of halogens is 2. The van der Waals surface area contributed by atoms with Crippen LogP contribution in [0.5, 0.6) is 0 Å². The predicted molar refractivity (Wildman–Crippen MR) is 108 cm³/mol. The highest BCUT2D eigenvalue weighted by molar-refractivity contribution is 9.10. The number of likely N-dealkylation sites (tertiary alicyclic amines) is 1. The first-order valence-electron chi connectivity index (χ1n) is 9.06. The SMILES string of the molecule is O=C(CCCN1CCC(=Cc2ccc(Br)cc2)CC1)c1ccc(F)cc1. The van der Waals surface area contributed by atoms with E-state index in [0.717, 1.165) is 43.4 Å². The summed E-state index contributed by atoms with van der Waals surface area (Å²) in [6, 6.07) is 14.2. The lowest BCUT2D eigenvalue weighted by Crippen LogP contribution is -2.31. The summed E-state index contributed by atoms with van der Waals surface area (Å²) in [6.45, 7) is 3.04. The van der Waals surface area contributed by atoms with Crippen LogP contribution in [-0.4, -0.2) is 30.3 Å². The van der Waals surface area contributed by atoms with Crippen molar-refractivity contribution in [1.82, 2.24) is 4.90 Å². The number of carbonyl (C=O) groups is 1. The average molecular weight is 416 g/mol. The van der Waals surface area contributed by atoms with Crippen LogP contribution >= 0.6 is 15.9 Å². The van der Waals surface area contributed by atoms with Gasteiger partial charge in [0.05, 0.1) is 0 Å². The quantitative estimate of drug-likeness (QED) is 0.561. The molecule has 2 nitrogen and oxygen atoms in total. The summed E-state index contributed by atoms with van der Waals surface area (Å²) >= 11 is 3.46. The monoisotopic (exact) mass is 415 g/mol. The Hall–Kier alpha value is -1.78. The van der Waals surface area contributed by atoms with Crippen LogP contribution in [0.25, 0.3) is 6.08 Å². The third-order valence-corrected chi connectivity index (χ3v) is 5.31. The van der Waals surface area contributed by atoms with E-state index in [4.69, 9.17) is 0 Å². The Morgan fingerprint density at radius 2 is 1.69 bits per heavy atom. The van der Waals surface area contributed by atoms with Crippen molar-refractivity contribution in [3.8, 4) is 0 Å². The number of ketones is 1. The minimum Gasteiger partial charge on any atom is -0.303 e. The van der Waals surface area contributed by atoms with Crippen molar-refractivity contribution in [2.45, 2.75) is 25.7 Å². The lowest BCUT2D eigenvalue weighted by Gasteiger charge is -2.28. The Labute approximate surface area is 162 Å². The Kier molecular flexibility index (Phi) is 6.75. The van der Waals surface area contributed by atoms with E-state index in [1.807, 2.05) is 0 Å². The normalized spacial score (nSPS) is 15.1. The van der Waals surface area contributed by atoms with Crippen LogP contribution in [0.15, 0.2) is 58.6 Å². The summed E-state index contributed by atoms with van der Waals surface area (Å²) in [5.41, 5.74) is 3.34. The number of hydrogen-bond acceptors (Lipinski definition) is 2. The summed E-state index contributed by atoms with van der Waals surface area (Å²) in [4.78, 5) is 14.6. The predicted octanol–water partition coefficient (Wildman–Crippen LogP) is 5.73. The largest absolute Gasteiger partial charge is 0.303 e. The molecule has 0 radical (unpaired) electrons. The summed E-state index contributed by atoms with van der Waals surface area (Å²) in [5, 5.41) is 0. The van der Waals surface area contributed by atoms with E-state index >= 15 is 0 Å². The van der Waals surface area contributed by atoms with Gasteiger partial charge in [-0.1, -0.05) is 39.7 Å². The number of nitrogens with zero attached hydrogens (tertiary/aromatic N) is 1. The van der Waals surface area contributed by atoms with E-state index in [2.05, 4.69) is 51.2 Å². The maximum Gasteiger partial charge on any atom is 0.162 e. The lowest BCUT2D eigenvalue weighted by atomic mass is 10.0. The van der Waals surface area contributed by atoms with Gasteiger partial charge in [0.2, 0.25) is 0 Å². The van der Waals surface area contributed by atoms with Crippen LogP contribution in [0, 0.1) is 5.82 Å². The number of benzene rings is 2. The molecule has 0 unspecified atom stereocenters. The highest BCUT2D eigenvalue weighted by Crippen LogP contribution is 2.21. The molecule has 1 fully saturated rings. The van der Waals surface area contributed by atoms with Crippen LogP contribution < -0.4 is 0 Å². The number of Topliss-reactive ketones (excluding diaryl/α,β-unsaturated/α-hetero) is 1. The maximum atomic E-state index is 12.9. The topological polar surface area (TPSA) is 20.3 Å². The maximum absolute atomic E-state index is 12.9. The minimum absolute atomic E-state index is 0.0952. The molecule has 0 amide bonds.